The van der Waals surface area contributed by atoms with Gasteiger partial charge >= 0.3 is 7.12 Å². The number of benzene rings is 22. The first kappa shape index (κ1) is 75.4. The van der Waals surface area contributed by atoms with Crippen molar-refractivity contribution in [3.8, 4) is 77.9 Å². The Bertz CT molecular complexity index is 8160. The molecule has 2 nitrogen and oxygen atoms in total. The van der Waals surface area contributed by atoms with Crippen molar-refractivity contribution in [1.29, 1.82) is 0 Å². The summed E-state index contributed by atoms with van der Waals surface area (Å²) < 4.78 is 13.9. The van der Waals surface area contributed by atoms with Crippen molar-refractivity contribution in [2.45, 2.75) is 77.4 Å². The molecule has 590 valence electrons. The van der Waals surface area contributed by atoms with Crippen molar-refractivity contribution in [2.24, 2.45) is 0 Å². The predicted octanol–water partition coefficient (Wildman–Crippen LogP) is 32.9. The molecule has 0 N–H and O–H groups in total. The molecule has 0 radical (unpaired) electrons. The van der Waals surface area contributed by atoms with E-state index < -0.39 is 7.12 Å². The van der Waals surface area contributed by atoms with E-state index in [9.17, 15) is 0 Å². The third-order valence-electron chi connectivity index (χ3n) is 28.2. The van der Waals surface area contributed by atoms with E-state index in [1.807, 2.05) is 0 Å². The van der Waals surface area contributed by atoms with Crippen molar-refractivity contribution >= 4 is 158 Å². The van der Waals surface area contributed by atoms with Crippen LogP contribution < -0.4 is 5.46 Å². The molecule has 0 amide bonds. The fourth-order valence-electron chi connectivity index (χ4n) is 21.3. The van der Waals surface area contributed by atoms with Gasteiger partial charge in [0, 0.05) is 15.3 Å². The van der Waals surface area contributed by atoms with Gasteiger partial charge in [0.2, 0.25) is 0 Å². The van der Waals surface area contributed by atoms with Gasteiger partial charge in [0.25, 0.3) is 0 Å². The van der Waals surface area contributed by atoms with E-state index in [1.165, 1.54) is 229 Å². The van der Waals surface area contributed by atoms with Crippen molar-refractivity contribution < 1.29 is 9.31 Å². The maximum Gasteiger partial charge on any atom is 0.494 e. The summed E-state index contributed by atoms with van der Waals surface area (Å²) in [5, 5.41) is 31.1. The smallest absolute Gasteiger partial charge is 0.399 e. The molecule has 1 fully saturated rings. The standard InChI is InChI=1S/C57H38.C36H31BO2.C27H19Br/c1-57(2)53-29-28-38(32-51(53)52-33-49-43-20-7-5-18-41(43)42-19-6-8-21-44(42)50(49)34-54(52)57)37-16-13-17-39(31-37)55-45-22-9-11-24-47(45)56(48-25-12-10-23-46(48)55)40-27-26-35-14-3-4-15-36(35)30-40;1-35(2)36(3,4)39-37(38-35)28-15-11-14-26(23-28)33-29-16-7-9-18-31(29)34(32-19-10-8-17-30(32)33)27-21-20-24-12-5-6-13-25(24)22-27;1-27(2)25-12-11-16(28)13-23(25)24-14-21-19-9-5-3-7-17(19)18-8-4-6-10-20(18)22(21)15-26(24)27/h3-34H,1-2H3;5-23H,1-4H3;3-15H,1-2H3. The van der Waals surface area contributed by atoms with Crippen LogP contribution in [0.3, 0.4) is 0 Å². The SMILES string of the molecule is CC1(C)OB(c2cccc(-c3c4ccccc4c(-c4ccc5ccccc5c4)c4ccccc34)c2)OC1(C)C.CC1(C)c2ccc(-c3cccc(-c4c5ccccc5c(-c5ccc6ccccc6c5)c5ccccc45)c3)cc2-c2cc3c4ccccc4c4ccccc4c3cc21.CC1(C)c2ccc(Br)cc2-c2cc3c4ccccc4c4ccccc4c3cc21. The van der Waals surface area contributed by atoms with Gasteiger partial charge in [0.05, 0.1) is 11.2 Å². The zero-order valence-corrected chi connectivity index (χ0v) is 72.3. The van der Waals surface area contributed by atoms with Gasteiger partial charge in [-0.05, 0) is 323 Å². The highest BCUT2D eigenvalue weighted by atomic mass is 79.9. The zero-order chi connectivity index (χ0) is 83.6. The van der Waals surface area contributed by atoms with Crippen LogP contribution in [-0.2, 0) is 20.1 Å². The lowest BCUT2D eigenvalue weighted by molar-refractivity contribution is 0.00578. The summed E-state index contributed by atoms with van der Waals surface area (Å²) in [4.78, 5) is 0. The van der Waals surface area contributed by atoms with Crippen LogP contribution >= 0.6 is 15.9 Å². The second kappa shape index (κ2) is 28.8. The van der Waals surface area contributed by atoms with Crippen LogP contribution in [0.15, 0.2) is 393 Å². The van der Waals surface area contributed by atoms with Gasteiger partial charge in [-0.2, -0.15) is 0 Å². The molecular weight excluding hydrogens is 1560 g/mol. The molecule has 25 rings (SSSR count). The van der Waals surface area contributed by atoms with Crippen LogP contribution in [0, 0.1) is 0 Å². The molecule has 3 aliphatic rings. The molecule has 124 heavy (non-hydrogen) atoms. The summed E-state index contributed by atoms with van der Waals surface area (Å²) in [6.45, 7) is 17.9. The van der Waals surface area contributed by atoms with Crippen molar-refractivity contribution in [3.05, 3.63) is 415 Å². The molecule has 0 saturated carbocycles. The Kier molecular flexibility index (Phi) is 17.5. The largest absolute Gasteiger partial charge is 0.494 e. The number of fused-ring (bicyclic) bond motifs is 24. The van der Waals surface area contributed by atoms with Gasteiger partial charge in [-0.1, -0.05) is 371 Å². The first-order valence-corrected chi connectivity index (χ1v) is 44.3. The van der Waals surface area contributed by atoms with Crippen LogP contribution in [0.25, 0.3) is 207 Å². The first-order chi connectivity index (χ1) is 60.4. The quantitative estimate of drug-likeness (QED) is 0.0938. The third-order valence-corrected chi connectivity index (χ3v) is 28.7. The Morgan fingerprint density at radius 1 is 0.194 bits per heavy atom. The fourth-order valence-corrected chi connectivity index (χ4v) is 21.7. The molecule has 0 aromatic heterocycles. The van der Waals surface area contributed by atoms with E-state index in [0.717, 1.165) is 9.94 Å². The minimum atomic E-state index is -0.399. The molecule has 22 aromatic rings. The molecule has 1 aliphatic heterocycles. The minimum absolute atomic E-state index is 0.00626. The van der Waals surface area contributed by atoms with Gasteiger partial charge in [0.15, 0.2) is 0 Å². The average Bonchev–Trinajstić information content (AvgIpc) is 1.54. The Hall–Kier alpha value is -13.6. The normalized spacial score (nSPS) is 14.5. The molecule has 1 saturated heterocycles. The van der Waals surface area contributed by atoms with Crippen molar-refractivity contribution in [2.75, 3.05) is 0 Å². The average molecular weight is 1650 g/mol. The number of rotatable bonds is 6. The molecule has 0 spiro atoms. The van der Waals surface area contributed by atoms with E-state index >= 15 is 0 Å². The number of hydrogen-bond donors (Lipinski definition) is 0. The Morgan fingerprint density at radius 2 is 0.468 bits per heavy atom. The maximum atomic E-state index is 6.41. The van der Waals surface area contributed by atoms with Gasteiger partial charge in [0.1, 0.15) is 0 Å². The Morgan fingerprint density at radius 3 is 0.855 bits per heavy atom. The van der Waals surface area contributed by atoms with Crippen molar-refractivity contribution in [3.63, 3.8) is 0 Å². The lowest BCUT2D eigenvalue weighted by Gasteiger charge is -2.32. The summed E-state index contributed by atoms with van der Waals surface area (Å²) in [5.41, 5.74) is 23.7. The Balaban J connectivity index is 0.000000115. The lowest BCUT2D eigenvalue weighted by Crippen LogP contribution is -2.41. The van der Waals surface area contributed by atoms with Crippen molar-refractivity contribution in [1.82, 2.24) is 0 Å². The van der Waals surface area contributed by atoms with E-state index in [0.29, 0.717) is 0 Å². The molecule has 2 aliphatic carbocycles. The number of hydrogen-bond acceptors (Lipinski definition) is 2. The highest BCUT2D eigenvalue weighted by Gasteiger charge is 2.52. The van der Waals surface area contributed by atoms with Gasteiger partial charge in [-0.25, -0.2) is 0 Å². The predicted molar refractivity (Wildman–Crippen MR) is 535 cm³/mol. The van der Waals surface area contributed by atoms with E-state index in [-0.39, 0.29) is 22.0 Å². The summed E-state index contributed by atoms with van der Waals surface area (Å²) in [7, 11) is -0.399. The fraction of sp³-hybridized carbons (Fsp3) is 0.100. The van der Waals surface area contributed by atoms with E-state index in [4.69, 9.17) is 9.31 Å². The minimum Gasteiger partial charge on any atom is -0.399 e. The third kappa shape index (κ3) is 12.0. The summed E-state index contributed by atoms with van der Waals surface area (Å²) >= 11 is 3.68. The first-order valence-electron chi connectivity index (χ1n) is 43.5. The summed E-state index contributed by atoms with van der Waals surface area (Å²) in [6.07, 6.45) is 0. The monoisotopic (exact) mass is 1650 g/mol. The van der Waals surface area contributed by atoms with Crippen LogP contribution in [-0.4, -0.2) is 18.3 Å². The van der Waals surface area contributed by atoms with Gasteiger partial charge in [-0.3, -0.25) is 0 Å². The van der Waals surface area contributed by atoms with Crippen LogP contribution in [0.2, 0.25) is 0 Å². The molecule has 4 heteroatoms. The zero-order valence-electron chi connectivity index (χ0n) is 70.7. The Labute approximate surface area is 731 Å². The molecule has 1 heterocycles. The van der Waals surface area contributed by atoms with Crippen LogP contribution in [0.1, 0.15) is 77.6 Å². The van der Waals surface area contributed by atoms with Gasteiger partial charge < -0.3 is 9.31 Å². The van der Waals surface area contributed by atoms with E-state index in [2.05, 4.69) is 460 Å². The molecule has 0 atom stereocenters. The highest BCUT2D eigenvalue weighted by Crippen LogP contribution is 2.56. The second-order valence-corrected chi connectivity index (χ2v) is 37.3. The second-order valence-electron chi connectivity index (χ2n) is 36.4. The molecular formula is C120H88BBrO2. The molecule has 0 unspecified atom stereocenters. The molecule has 22 aromatic carbocycles. The maximum absolute atomic E-state index is 6.41. The van der Waals surface area contributed by atoms with E-state index in [1.54, 1.807) is 0 Å². The lowest BCUT2D eigenvalue weighted by atomic mass is 9.77. The van der Waals surface area contributed by atoms with Crippen LogP contribution in [0.4, 0.5) is 0 Å². The van der Waals surface area contributed by atoms with Gasteiger partial charge in [-0.15, -0.1) is 0 Å². The summed E-state index contributed by atoms with van der Waals surface area (Å²) in [6, 6.07) is 144. The summed E-state index contributed by atoms with van der Waals surface area (Å²) in [5.74, 6) is 0. The topological polar surface area (TPSA) is 18.5 Å². The van der Waals surface area contributed by atoms with Crippen LogP contribution in [0.5, 0.6) is 0 Å². The molecule has 0 bridgehead atoms. The highest BCUT2D eigenvalue weighted by molar-refractivity contribution is 9.10. The number of halogens is 1.